The first-order valence-electron chi connectivity index (χ1n) is 15.2. The van der Waals surface area contributed by atoms with Crippen LogP contribution in [0.25, 0.3) is 11.5 Å². The van der Waals surface area contributed by atoms with Crippen LogP contribution in [-0.4, -0.2) is 87.2 Å². The zero-order valence-corrected chi connectivity index (χ0v) is 26.7. The van der Waals surface area contributed by atoms with Gasteiger partial charge in [0.05, 0.1) is 30.4 Å². The lowest BCUT2D eigenvalue weighted by Gasteiger charge is -2.24. The quantitative estimate of drug-likeness (QED) is 0.354. The molecule has 2 aliphatic heterocycles. The third-order valence-corrected chi connectivity index (χ3v) is 7.49. The van der Waals surface area contributed by atoms with Crippen molar-refractivity contribution in [3.8, 4) is 11.5 Å². The number of anilines is 1. The Morgan fingerprint density at radius 2 is 1.83 bits per heavy atom. The highest BCUT2D eigenvalue weighted by atomic mass is 19.1. The Hall–Kier alpha value is -4.40. The van der Waals surface area contributed by atoms with Crippen LogP contribution in [0.5, 0.6) is 0 Å². The second kappa shape index (κ2) is 13.5. The normalized spacial score (nSPS) is 20.7. The van der Waals surface area contributed by atoms with Crippen molar-refractivity contribution in [2.24, 2.45) is 0 Å². The third-order valence-electron chi connectivity index (χ3n) is 7.49. The Morgan fingerprint density at radius 1 is 1.09 bits per heavy atom. The number of nitrogens with one attached hydrogen (secondary N) is 1. The van der Waals surface area contributed by atoms with E-state index in [-0.39, 0.29) is 42.8 Å². The molecule has 4 heterocycles. The van der Waals surface area contributed by atoms with E-state index in [0.717, 1.165) is 18.2 Å². The standard InChI is InChI=1S/C31H39F2N7O6/c1-17(2)43-30(42)39-10-9-21(14-39)44-18(3)26-37-27(46-38-26)19-12-34-28(35-13-19)40-15-23(22-11-20(32)7-8-24(22)33)25(16-40)36-29(41)45-31(4,5)6/h7-8,11-13,17-18,21,23,25H,9-10,14-16H2,1-6H3,(H,36,41)/t18-,21-,23-,25+/m1/s1. The van der Waals surface area contributed by atoms with Gasteiger partial charge in [0.2, 0.25) is 11.8 Å². The highest BCUT2D eigenvalue weighted by molar-refractivity contribution is 5.69. The van der Waals surface area contributed by atoms with Gasteiger partial charge in [-0.3, -0.25) is 0 Å². The maximum Gasteiger partial charge on any atom is 0.410 e. The number of benzene rings is 1. The molecule has 4 atom stereocenters. The molecule has 13 nitrogen and oxygen atoms in total. The molecule has 0 unspecified atom stereocenters. The number of nitrogens with zero attached hydrogens (tertiary/aromatic N) is 6. The summed E-state index contributed by atoms with van der Waals surface area (Å²) in [6.07, 6.45) is 1.79. The summed E-state index contributed by atoms with van der Waals surface area (Å²) in [6, 6.07) is 2.65. The van der Waals surface area contributed by atoms with Crippen molar-refractivity contribution in [2.75, 3.05) is 31.1 Å². The molecule has 3 aromatic rings. The summed E-state index contributed by atoms with van der Waals surface area (Å²) in [4.78, 5) is 41.5. The molecule has 15 heteroatoms. The number of halogens is 2. The minimum Gasteiger partial charge on any atom is -0.447 e. The number of aromatic nitrogens is 4. The fourth-order valence-electron chi connectivity index (χ4n) is 5.43. The van der Waals surface area contributed by atoms with E-state index < -0.39 is 41.4 Å². The van der Waals surface area contributed by atoms with Gasteiger partial charge >= 0.3 is 12.2 Å². The molecule has 0 spiro atoms. The van der Waals surface area contributed by atoms with Crippen LogP contribution in [0, 0.1) is 11.6 Å². The van der Waals surface area contributed by atoms with Crippen molar-refractivity contribution in [2.45, 2.75) is 83.8 Å². The Labute approximate surface area is 265 Å². The maximum atomic E-state index is 14.8. The Morgan fingerprint density at radius 3 is 2.52 bits per heavy atom. The smallest absolute Gasteiger partial charge is 0.410 e. The Bertz CT molecular complexity index is 1530. The van der Waals surface area contributed by atoms with Gasteiger partial charge in [-0.2, -0.15) is 4.98 Å². The first kappa shape index (κ1) is 33.0. The zero-order valence-electron chi connectivity index (χ0n) is 26.7. The monoisotopic (exact) mass is 643 g/mol. The molecular weight excluding hydrogens is 604 g/mol. The van der Waals surface area contributed by atoms with Crippen LogP contribution in [-0.2, 0) is 14.2 Å². The summed E-state index contributed by atoms with van der Waals surface area (Å²) < 4.78 is 51.1. The summed E-state index contributed by atoms with van der Waals surface area (Å²) >= 11 is 0. The summed E-state index contributed by atoms with van der Waals surface area (Å²) in [7, 11) is 0. The van der Waals surface area contributed by atoms with Crippen LogP contribution >= 0.6 is 0 Å². The first-order valence-corrected chi connectivity index (χ1v) is 15.2. The highest BCUT2D eigenvalue weighted by Gasteiger charge is 2.38. The van der Waals surface area contributed by atoms with Gasteiger partial charge in [0.25, 0.3) is 5.89 Å². The van der Waals surface area contributed by atoms with Crippen molar-refractivity contribution < 1.29 is 37.1 Å². The Balaban J connectivity index is 1.24. The van der Waals surface area contributed by atoms with E-state index in [1.165, 1.54) is 12.4 Å². The van der Waals surface area contributed by atoms with Crippen LogP contribution in [0.1, 0.15) is 71.4 Å². The van der Waals surface area contributed by atoms with Crippen molar-refractivity contribution in [1.29, 1.82) is 0 Å². The number of alkyl carbamates (subject to hydrolysis) is 1. The average molecular weight is 644 g/mol. The predicted molar refractivity (Wildman–Crippen MR) is 161 cm³/mol. The molecular formula is C31H39F2N7O6. The molecule has 2 saturated heterocycles. The van der Waals surface area contributed by atoms with Gasteiger partial charge in [-0.1, -0.05) is 5.16 Å². The van der Waals surface area contributed by atoms with Crippen molar-refractivity contribution >= 4 is 18.1 Å². The number of amides is 2. The van der Waals surface area contributed by atoms with E-state index in [4.69, 9.17) is 18.7 Å². The minimum atomic E-state index is -0.736. The largest absolute Gasteiger partial charge is 0.447 e. The molecule has 2 fully saturated rings. The molecule has 0 bridgehead atoms. The average Bonchev–Trinajstić information content (AvgIpc) is 3.73. The summed E-state index contributed by atoms with van der Waals surface area (Å²) in [5.74, 6) is -0.919. The van der Waals surface area contributed by atoms with Gasteiger partial charge in [0, 0.05) is 37.9 Å². The van der Waals surface area contributed by atoms with Crippen molar-refractivity contribution in [3.05, 3.63) is 53.6 Å². The van der Waals surface area contributed by atoms with Crippen molar-refractivity contribution in [3.63, 3.8) is 0 Å². The molecule has 2 aliphatic rings. The van der Waals surface area contributed by atoms with E-state index in [9.17, 15) is 18.4 Å². The highest BCUT2D eigenvalue weighted by Crippen LogP contribution is 2.33. The molecule has 0 radical (unpaired) electrons. The SMILES string of the molecule is CC(C)OC(=O)N1CC[C@@H](O[C@H](C)c2noc(-c3cnc(N4C[C@H](NC(=O)OC(C)(C)C)[C@@H](c5cc(F)ccc5F)C4)nc3)n2)C1. The maximum absolute atomic E-state index is 14.8. The van der Waals surface area contributed by atoms with E-state index in [1.807, 2.05) is 0 Å². The zero-order chi connectivity index (χ0) is 33.2. The summed E-state index contributed by atoms with van der Waals surface area (Å²) in [6.45, 7) is 12.0. The number of carbonyl (C=O) groups is 2. The lowest BCUT2D eigenvalue weighted by Crippen LogP contribution is -2.43. The van der Waals surface area contributed by atoms with Crippen LogP contribution < -0.4 is 10.2 Å². The number of hydrogen-bond acceptors (Lipinski definition) is 11. The fraction of sp³-hybridized carbons (Fsp3) is 0.548. The molecule has 0 saturated carbocycles. The molecule has 1 aromatic carbocycles. The molecule has 0 aliphatic carbocycles. The molecule has 1 N–H and O–H groups in total. The van der Waals surface area contributed by atoms with E-state index in [1.54, 1.807) is 51.3 Å². The molecule has 2 amide bonds. The number of ether oxygens (including phenoxy) is 3. The Kier molecular flexibility index (Phi) is 9.70. The lowest BCUT2D eigenvalue weighted by atomic mass is 9.94. The van der Waals surface area contributed by atoms with Gasteiger partial charge < -0.3 is 33.9 Å². The summed E-state index contributed by atoms with van der Waals surface area (Å²) in [5.41, 5.74) is -0.135. The first-order chi connectivity index (χ1) is 21.8. The van der Waals surface area contributed by atoms with Crippen LogP contribution in [0.2, 0.25) is 0 Å². The van der Waals surface area contributed by atoms with E-state index in [0.29, 0.717) is 36.8 Å². The fourth-order valence-corrected chi connectivity index (χ4v) is 5.43. The van der Waals surface area contributed by atoms with Crippen LogP contribution in [0.3, 0.4) is 0 Å². The number of likely N-dealkylation sites (tertiary alicyclic amines) is 1. The summed E-state index contributed by atoms with van der Waals surface area (Å²) in [5, 5.41) is 6.85. The molecule has 46 heavy (non-hydrogen) atoms. The minimum absolute atomic E-state index is 0.135. The second-order valence-corrected chi connectivity index (χ2v) is 12.7. The van der Waals surface area contributed by atoms with Crippen LogP contribution in [0.4, 0.5) is 24.3 Å². The molecule has 248 valence electrons. The van der Waals surface area contributed by atoms with Crippen LogP contribution in [0.15, 0.2) is 35.1 Å². The van der Waals surface area contributed by atoms with Gasteiger partial charge in [-0.25, -0.2) is 28.3 Å². The number of rotatable bonds is 8. The van der Waals surface area contributed by atoms with Gasteiger partial charge in [0.1, 0.15) is 23.3 Å². The van der Waals surface area contributed by atoms with E-state index in [2.05, 4.69) is 25.4 Å². The second-order valence-electron chi connectivity index (χ2n) is 12.7. The number of carbonyl (C=O) groups excluding carboxylic acids is 2. The van der Waals surface area contributed by atoms with Crippen molar-refractivity contribution in [1.82, 2.24) is 30.3 Å². The van der Waals surface area contributed by atoms with Gasteiger partial charge in [-0.05, 0) is 71.7 Å². The van der Waals surface area contributed by atoms with Gasteiger partial charge in [0.15, 0.2) is 0 Å². The molecule has 2 aromatic heterocycles. The van der Waals surface area contributed by atoms with E-state index >= 15 is 0 Å². The predicted octanol–water partition coefficient (Wildman–Crippen LogP) is 5.00. The molecule has 5 rings (SSSR count). The van der Waals surface area contributed by atoms with Gasteiger partial charge in [-0.15, -0.1) is 0 Å². The topological polar surface area (TPSA) is 145 Å². The third kappa shape index (κ3) is 8.05. The lowest BCUT2D eigenvalue weighted by molar-refractivity contribution is -0.00405. The number of hydrogen-bond donors (Lipinski definition) is 1.